The van der Waals surface area contributed by atoms with Gasteiger partial charge < -0.3 is 24.8 Å². The molecular weight excluding hydrogens is 314 g/mol. The van der Waals surface area contributed by atoms with Gasteiger partial charge in [-0.3, -0.25) is 9.69 Å². The Labute approximate surface area is 143 Å². The first kappa shape index (κ1) is 19.0. The third-order valence-electron chi connectivity index (χ3n) is 4.67. The maximum Gasteiger partial charge on any atom is 0.317 e. The molecule has 2 fully saturated rings. The van der Waals surface area contributed by atoms with E-state index in [-0.39, 0.29) is 36.9 Å². The molecule has 0 radical (unpaired) electrons. The van der Waals surface area contributed by atoms with Gasteiger partial charge in [-0.15, -0.1) is 0 Å². The van der Waals surface area contributed by atoms with Crippen LogP contribution in [0.3, 0.4) is 0 Å². The zero-order valence-corrected chi connectivity index (χ0v) is 14.7. The van der Waals surface area contributed by atoms with Gasteiger partial charge in [-0.2, -0.15) is 0 Å². The number of methoxy groups -OCH3 is 1. The van der Waals surface area contributed by atoms with Crippen LogP contribution in [-0.4, -0.2) is 91.1 Å². The largest absolute Gasteiger partial charge is 0.480 e. The van der Waals surface area contributed by atoms with Gasteiger partial charge >= 0.3 is 12.0 Å². The number of hydrogen-bond donors (Lipinski definition) is 2. The first-order valence-corrected chi connectivity index (χ1v) is 8.58. The third kappa shape index (κ3) is 5.06. The summed E-state index contributed by atoms with van der Waals surface area (Å²) >= 11 is 0. The number of hydrogen-bond acceptors (Lipinski definition) is 5. The standard InChI is InChI=1S/C16H29N3O5/c1-4-18(9-15(20)21)13-5-12(6-13)17-16(22)19-7-11(2)24-14(8-19)10-23-3/h11-14H,4-10H2,1-3H3,(H,17,22)(H,20,21). The molecule has 8 heteroatoms. The summed E-state index contributed by atoms with van der Waals surface area (Å²) in [5, 5.41) is 12.0. The van der Waals surface area contributed by atoms with E-state index < -0.39 is 5.97 Å². The Bertz CT molecular complexity index is 441. The highest BCUT2D eigenvalue weighted by atomic mass is 16.5. The van der Waals surface area contributed by atoms with E-state index in [0.29, 0.717) is 26.2 Å². The topological polar surface area (TPSA) is 91.3 Å². The predicted octanol–water partition coefficient (Wildman–Crippen LogP) is 0.369. The van der Waals surface area contributed by atoms with Crippen molar-refractivity contribution >= 4 is 12.0 Å². The lowest BCUT2D eigenvalue weighted by Gasteiger charge is -2.43. The maximum atomic E-state index is 12.4. The summed E-state index contributed by atoms with van der Waals surface area (Å²) in [5.74, 6) is -0.809. The summed E-state index contributed by atoms with van der Waals surface area (Å²) in [6.45, 7) is 6.24. The van der Waals surface area contributed by atoms with Crippen LogP contribution in [0.4, 0.5) is 4.79 Å². The zero-order valence-electron chi connectivity index (χ0n) is 14.7. The van der Waals surface area contributed by atoms with Crippen molar-refractivity contribution < 1.29 is 24.2 Å². The predicted molar refractivity (Wildman–Crippen MR) is 88.0 cm³/mol. The monoisotopic (exact) mass is 343 g/mol. The van der Waals surface area contributed by atoms with Gasteiger partial charge in [0.2, 0.25) is 0 Å². The molecule has 0 aromatic carbocycles. The zero-order chi connectivity index (χ0) is 17.7. The fourth-order valence-electron chi connectivity index (χ4n) is 3.43. The number of carboxylic acids is 1. The highest BCUT2D eigenvalue weighted by molar-refractivity contribution is 5.75. The summed E-state index contributed by atoms with van der Waals surface area (Å²) in [4.78, 5) is 27.0. The van der Waals surface area contributed by atoms with E-state index in [1.54, 1.807) is 12.0 Å². The number of rotatable bonds is 7. The van der Waals surface area contributed by atoms with Gasteiger partial charge in [0.1, 0.15) is 0 Å². The van der Waals surface area contributed by atoms with Crippen molar-refractivity contribution in [2.24, 2.45) is 0 Å². The van der Waals surface area contributed by atoms with Crippen LogP contribution in [0.2, 0.25) is 0 Å². The van der Waals surface area contributed by atoms with Crippen LogP contribution in [0.25, 0.3) is 0 Å². The summed E-state index contributed by atoms with van der Waals surface area (Å²) in [7, 11) is 1.62. The van der Waals surface area contributed by atoms with Crippen molar-refractivity contribution in [3.8, 4) is 0 Å². The number of aliphatic carboxylic acids is 1. The van der Waals surface area contributed by atoms with Gasteiger partial charge in [0, 0.05) is 25.7 Å². The van der Waals surface area contributed by atoms with Crippen LogP contribution in [0.15, 0.2) is 0 Å². The van der Waals surface area contributed by atoms with E-state index in [1.807, 2.05) is 18.7 Å². The molecule has 1 aliphatic carbocycles. The average Bonchev–Trinajstić information content (AvgIpc) is 2.47. The summed E-state index contributed by atoms with van der Waals surface area (Å²) in [5.41, 5.74) is 0. The molecule has 1 saturated carbocycles. The van der Waals surface area contributed by atoms with Crippen LogP contribution < -0.4 is 5.32 Å². The Hall–Kier alpha value is -1.38. The summed E-state index contributed by atoms with van der Waals surface area (Å²) < 4.78 is 10.9. The van der Waals surface area contributed by atoms with Crippen molar-refractivity contribution in [2.45, 2.75) is 51.0 Å². The number of morpholine rings is 1. The molecule has 1 heterocycles. The van der Waals surface area contributed by atoms with Gasteiger partial charge in [0.25, 0.3) is 0 Å². The normalized spacial score (nSPS) is 30.1. The lowest BCUT2D eigenvalue weighted by atomic mass is 9.85. The van der Waals surface area contributed by atoms with E-state index in [2.05, 4.69) is 5.32 Å². The van der Waals surface area contributed by atoms with Crippen LogP contribution in [0, 0.1) is 0 Å². The molecule has 2 unspecified atom stereocenters. The Kier molecular flexibility index (Phi) is 6.82. The lowest BCUT2D eigenvalue weighted by molar-refractivity contribution is -0.139. The molecule has 2 rings (SSSR count). The molecule has 2 N–H and O–H groups in total. The molecule has 138 valence electrons. The molecule has 2 aliphatic rings. The molecular formula is C16H29N3O5. The van der Waals surface area contributed by atoms with E-state index >= 15 is 0 Å². The smallest absolute Gasteiger partial charge is 0.317 e. The summed E-state index contributed by atoms with van der Waals surface area (Å²) in [6, 6.07) is 0.279. The lowest BCUT2D eigenvalue weighted by Crippen LogP contribution is -2.59. The number of ether oxygens (including phenoxy) is 2. The Morgan fingerprint density at radius 3 is 2.67 bits per heavy atom. The second-order valence-corrected chi connectivity index (χ2v) is 6.66. The minimum atomic E-state index is -0.809. The van der Waals surface area contributed by atoms with E-state index in [1.165, 1.54) is 0 Å². The third-order valence-corrected chi connectivity index (χ3v) is 4.67. The second kappa shape index (κ2) is 8.64. The highest BCUT2D eigenvalue weighted by Gasteiger charge is 2.36. The minimum Gasteiger partial charge on any atom is -0.480 e. The molecule has 2 atom stereocenters. The van der Waals surface area contributed by atoms with E-state index in [9.17, 15) is 9.59 Å². The number of nitrogens with zero attached hydrogens (tertiary/aromatic N) is 2. The molecule has 1 saturated heterocycles. The fraction of sp³-hybridized carbons (Fsp3) is 0.875. The van der Waals surface area contributed by atoms with Gasteiger partial charge in [-0.25, -0.2) is 4.79 Å². The van der Waals surface area contributed by atoms with Gasteiger partial charge in [-0.1, -0.05) is 6.92 Å². The maximum absolute atomic E-state index is 12.4. The number of carboxylic acid groups (broad SMARTS) is 1. The minimum absolute atomic E-state index is 0.00932. The van der Waals surface area contributed by atoms with Crippen molar-refractivity contribution in [1.29, 1.82) is 0 Å². The van der Waals surface area contributed by atoms with E-state index in [4.69, 9.17) is 14.6 Å². The average molecular weight is 343 g/mol. The Balaban J connectivity index is 1.76. The first-order chi connectivity index (χ1) is 11.4. The number of urea groups is 1. The van der Waals surface area contributed by atoms with Crippen LogP contribution in [-0.2, 0) is 14.3 Å². The van der Waals surface area contributed by atoms with Crippen LogP contribution in [0.5, 0.6) is 0 Å². The number of amides is 2. The van der Waals surface area contributed by atoms with Gasteiger partial charge in [0.05, 0.1) is 31.9 Å². The van der Waals surface area contributed by atoms with Crippen molar-refractivity contribution in [3.05, 3.63) is 0 Å². The SMILES string of the molecule is CCN(CC(=O)O)C1CC(NC(=O)N2CC(C)OC(COC)C2)C1. The van der Waals surface area contributed by atoms with Crippen molar-refractivity contribution in [1.82, 2.24) is 15.1 Å². The van der Waals surface area contributed by atoms with Crippen molar-refractivity contribution in [2.75, 3.05) is 39.9 Å². The van der Waals surface area contributed by atoms with Crippen LogP contribution >= 0.6 is 0 Å². The second-order valence-electron chi connectivity index (χ2n) is 6.66. The van der Waals surface area contributed by atoms with Crippen LogP contribution in [0.1, 0.15) is 26.7 Å². The summed E-state index contributed by atoms with van der Waals surface area (Å²) in [6.07, 6.45) is 1.50. The number of carbonyl (C=O) groups is 2. The molecule has 0 spiro atoms. The van der Waals surface area contributed by atoms with Gasteiger partial charge in [0.15, 0.2) is 0 Å². The first-order valence-electron chi connectivity index (χ1n) is 8.58. The molecule has 24 heavy (non-hydrogen) atoms. The Morgan fingerprint density at radius 1 is 1.38 bits per heavy atom. The quantitative estimate of drug-likeness (QED) is 0.694. The number of carbonyl (C=O) groups excluding carboxylic acids is 1. The molecule has 0 aromatic rings. The molecule has 2 amide bonds. The molecule has 1 aliphatic heterocycles. The van der Waals surface area contributed by atoms with E-state index in [0.717, 1.165) is 12.8 Å². The molecule has 8 nitrogen and oxygen atoms in total. The fourth-order valence-corrected chi connectivity index (χ4v) is 3.43. The number of nitrogens with one attached hydrogen (secondary N) is 1. The Morgan fingerprint density at radius 2 is 2.08 bits per heavy atom. The molecule has 0 aromatic heterocycles. The highest BCUT2D eigenvalue weighted by Crippen LogP contribution is 2.26. The molecule has 0 bridgehead atoms. The van der Waals surface area contributed by atoms with Crippen molar-refractivity contribution in [3.63, 3.8) is 0 Å². The number of likely N-dealkylation sites (N-methyl/N-ethyl adjacent to an activating group) is 1. The van der Waals surface area contributed by atoms with Gasteiger partial charge in [-0.05, 0) is 26.3 Å².